The first-order valence-electron chi connectivity index (χ1n) is 7.86. The lowest BCUT2D eigenvalue weighted by Crippen LogP contribution is -2.29. The minimum absolute atomic E-state index is 0.487. The van der Waals surface area contributed by atoms with E-state index >= 15 is 0 Å². The third-order valence-corrected chi connectivity index (χ3v) is 4.04. The Morgan fingerprint density at radius 2 is 2.38 bits per heavy atom. The van der Waals surface area contributed by atoms with Gasteiger partial charge >= 0.3 is 0 Å². The first-order chi connectivity index (χ1) is 10.3. The molecule has 1 saturated heterocycles. The molecule has 1 fully saturated rings. The van der Waals surface area contributed by atoms with Crippen LogP contribution in [-0.4, -0.2) is 28.4 Å². The van der Waals surface area contributed by atoms with Crippen LogP contribution in [0, 0.1) is 0 Å². The van der Waals surface area contributed by atoms with Crippen LogP contribution in [0.15, 0.2) is 42.7 Å². The summed E-state index contributed by atoms with van der Waals surface area (Å²) in [7, 11) is 0. The van der Waals surface area contributed by atoms with Gasteiger partial charge in [-0.2, -0.15) is 5.10 Å². The minimum atomic E-state index is 0.487. The number of hydrogen-bond acceptors (Lipinski definition) is 3. The highest BCUT2D eigenvalue weighted by Gasteiger charge is 2.16. The highest BCUT2D eigenvalue weighted by molar-refractivity contribution is 5.46. The molecule has 0 spiro atoms. The number of benzene rings is 1. The fourth-order valence-corrected chi connectivity index (χ4v) is 3.07. The van der Waals surface area contributed by atoms with Gasteiger partial charge in [-0.05, 0) is 56.5 Å². The average Bonchev–Trinajstić information content (AvgIpc) is 3.12. The van der Waals surface area contributed by atoms with E-state index in [9.17, 15) is 0 Å². The number of nitrogens with zero attached hydrogens (tertiary/aromatic N) is 2. The summed E-state index contributed by atoms with van der Waals surface area (Å²) in [5.41, 5.74) is 2.47. The van der Waals surface area contributed by atoms with E-state index in [1.54, 1.807) is 0 Å². The third-order valence-electron chi connectivity index (χ3n) is 4.04. The molecule has 3 rings (SSSR count). The number of rotatable bonds is 6. The van der Waals surface area contributed by atoms with Crippen molar-refractivity contribution in [1.29, 1.82) is 0 Å². The molecular weight excluding hydrogens is 260 g/mol. The van der Waals surface area contributed by atoms with Gasteiger partial charge in [0.1, 0.15) is 0 Å². The second-order valence-corrected chi connectivity index (χ2v) is 5.98. The molecule has 2 atom stereocenters. The van der Waals surface area contributed by atoms with Crippen molar-refractivity contribution in [2.45, 2.75) is 44.8 Å². The average molecular weight is 284 g/mol. The summed E-state index contributed by atoms with van der Waals surface area (Å²) in [5, 5.41) is 11.4. The van der Waals surface area contributed by atoms with Gasteiger partial charge in [-0.1, -0.05) is 12.1 Å². The Morgan fingerprint density at radius 1 is 1.43 bits per heavy atom. The third kappa shape index (κ3) is 4.08. The normalized spacial score (nSPS) is 19.6. The van der Waals surface area contributed by atoms with E-state index in [0.29, 0.717) is 12.1 Å². The fraction of sp³-hybridized carbons (Fsp3) is 0.471. The molecule has 0 radical (unpaired) electrons. The smallest absolute Gasteiger partial charge is 0.0660 e. The van der Waals surface area contributed by atoms with E-state index in [1.807, 2.05) is 23.1 Å². The van der Waals surface area contributed by atoms with Gasteiger partial charge in [-0.25, -0.2) is 0 Å². The molecule has 0 saturated carbocycles. The Morgan fingerprint density at radius 3 is 3.14 bits per heavy atom. The Bertz CT molecular complexity index is 544. The molecule has 4 heteroatoms. The molecule has 1 aliphatic heterocycles. The monoisotopic (exact) mass is 284 g/mol. The van der Waals surface area contributed by atoms with Gasteiger partial charge < -0.3 is 10.6 Å². The Labute approximate surface area is 126 Å². The first kappa shape index (κ1) is 14.1. The predicted octanol–water partition coefficient (Wildman–Crippen LogP) is 2.87. The molecular formula is C17H24N4. The lowest BCUT2D eigenvalue weighted by molar-refractivity contribution is 0.523. The van der Waals surface area contributed by atoms with Crippen molar-refractivity contribution in [3.05, 3.63) is 48.3 Å². The second kappa shape index (κ2) is 6.76. The summed E-state index contributed by atoms with van der Waals surface area (Å²) in [6.07, 6.45) is 7.62. The maximum Gasteiger partial charge on any atom is 0.0660 e. The molecule has 1 aromatic heterocycles. The van der Waals surface area contributed by atoms with E-state index in [2.05, 4.69) is 46.9 Å². The van der Waals surface area contributed by atoms with Crippen molar-refractivity contribution < 1.29 is 0 Å². The molecule has 2 N–H and O–H groups in total. The highest BCUT2D eigenvalue weighted by Crippen LogP contribution is 2.16. The van der Waals surface area contributed by atoms with E-state index < -0.39 is 0 Å². The lowest BCUT2D eigenvalue weighted by Gasteiger charge is -2.19. The molecule has 2 unspecified atom stereocenters. The van der Waals surface area contributed by atoms with E-state index in [1.165, 1.54) is 37.1 Å². The molecule has 112 valence electrons. The van der Waals surface area contributed by atoms with Crippen molar-refractivity contribution in [1.82, 2.24) is 15.1 Å². The maximum atomic E-state index is 4.26. The van der Waals surface area contributed by atoms with Crippen LogP contribution in [-0.2, 0) is 6.54 Å². The molecule has 0 aliphatic carbocycles. The van der Waals surface area contributed by atoms with Crippen LogP contribution in [0.5, 0.6) is 0 Å². The van der Waals surface area contributed by atoms with Crippen LogP contribution >= 0.6 is 0 Å². The second-order valence-electron chi connectivity index (χ2n) is 5.98. The summed E-state index contributed by atoms with van der Waals surface area (Å²) in [4.78, 5) is 0. The van der Waals surface area contributed by atoms with Crippen molar-refractivity contribution >= 4 is 5.69 Å². The molecule has 0 amide bonds. The van der Waals surface area contributed by atoms with Crippen LogP contribution in [0.2, 0.25) is 0 Å². The van der Waals surface area contributed by atoms with Crippen LogP contribution < -0.4 is 10.6 Å². The standard InChI is InChI=1S/C17H24N4/c1-14(11-16-7-3-8-18-16)20-17-6-2-5-15(12-17)13-21-10-4-9-19-21/h2,4-6,9-10,12,14,16,18,20H,3,7-8,11,13H2,1H3. The molecule has 4 nitrogen and oxygen atoms in total. The van der Waals surface area contributed by atoms with Gasteiger partial charge in [0.25, 0.3) is 0 Å². The van der Waals surface area contributed by atoms with Gasteiger partial charge in [0.05, 0.1) is 6.54 Å². The summed E-state index contributed by atoms with van der Waals surface area (Å²) < 4.78 is 1.95. The van der Waals surface area contributed by atoms with Crippen LogP contribution in [0.1, 0.15) is 31.7 Å². The van der Waals surface area contributed by atoms with Gasteiger partial charge in [-0.15, -0.1) is 0 Å². The van der Waals surface area contributed by atoms with Crippen LogP contribution in [0.25, 0.3) is 0 Å². The summed E-state index contributed by atoms with van der Waals surface area (Å²) in [5.74, 6) is 0. The van der Waals surface area contributed by atoms with Crippen molar-refractivity contribution in [3.63, 3.8) is 0 Å². The van der Waals surface area contributed by atoms with E-state index in [0.717, 1.165) is 6.54 Å². The largest absolute Gasteiger partial charge is 0.383 e. The summed E-state index contributed by atoms with van der Waals surface area (Å²) in [6, 6.07) is 11.8. The zero-order valence-electron chi connectivity index (χ0n) is 12.6. The van der Waals surface area contributed by atoms with Crippen LogP contribution in [0.4, 0.5) is 5.69 Å². The molecule has 0 bridgehead atoms. The van der Waals surface area contributed by atoms with Gasteiger partial charge in [0, 0.05) is 30.2 Å². The lowest BCUT2D eigenvalue weighted by atomic mass is 10.1. The van der Waals surface area contributed by atoms with Crippen molar-refractivity contribution in [2.24, 2.45) is 0 Å². The van der Waals surface area contributed by atoms with Crippen molar-refractivity contribution in [3.8, 4) is 0 Å². The molecule has 21 heavy (non-hydrogen) atoms. The Kier molecular flexibility index (Phi) is 4.55. The Balaban J connectivity index is 1.57. The van der Waals surface area contributed by atoms with E-state index in [4.69, 9.17) is 0 Å². The van der Waals surface area contributed by atoms with Crippen molar-refractivity contribution in [2.75, 3.05) is 11.9 Å². The zero-order chi connectivity index (χ0) is 14.5. The first-order valence-corrected chi connectivity index (χ1v) is 7.86. The number of nitrogens with one attached hydrogen (secondary N) is 2. The number of anilines is 1. The molecule has 2 heterocycles. The van der Waals surface area contributed by atoms with Crippen LogP contribution in [0.3, 0.4) is 0 Å². The fourth-order valence-electron chi connectivity index (χ4n) is 3.07. The topological polar surface area (TPSA) is 41.9 Å². The molecule has 2 aromatic rings. The summed E-state index contributed by atoms with van der Waals surface area (Å²) in [6.45, 7) is 4.26. The van der Waals surface area contributed by atoms with Gasteiger partial charge in [0.2, 0.25) is 0 Å². The maximum absolute atomic E-state index is 4.26. The van der Waals surface area contributed by atoms with Gasteiger partial charge in [-0.3, -0.25) is 4.68 Å². The zero-order valence-corrected chi connectivity index (χ0v) is 12.6. The molecule has 1 aromatic carbocycles. The predicted molar refractivity (Wildman–Crippen MR) is 86.5 cm³/mol. The minimum Gasteiger partial charge on any atom is -0.383 e. The summed E-state index contributed by atoms with van der Waals surface area (Å²) >= 11 is 0. The molecule has 1 aliphatic rings. The number of hydrogen-bond donors (Lipinski definition) is 2. The Hall–Kier alpha value is -1.81. The highest BCUT2D eigenvalue weighted by atomic mass is 15.3. The van der Waals surface area contributed by atoms with Gasteiger partial charge in [0.15, 0.2) is 0 Å². The SMILES string of the molecule is CC(CC1CCCN1)Nc1cccc(Cn2cccn2)c1. The van der Waals surface area contributed by atoms with E-state index in [-0.39, 0.29) is 0 Å². The quantitative estimate of drug-likeness (QED) is 0.857. The number of aromatic nitrogens is 2.